The van der Waals surface area contributed by atoms with Gasteiger partial charge in [-0.05, 0) is 62.6 Å². The van der Waals surface area contributed by atoms with Crippen molar-refractivity contribution < 1.29 is 4.42 Å². The molecule has 1 aliphatic carbocycles. The van der Waals surface area contributed by atoms with E-state index >= 15 is 0 Å². The minimum Gasteiger partial charge on any atom is -0.469 e. The minimum absolute atomic E-state index is 0.587. The number of nitrogens with zero attached hydrogens (tertiary/aromatic N) is 3. The van der Waals surface area contributed by atoms with Crippen molar-refractivity contribution in [2.45, 2.75) is 64.5 Å². The molecule has 150 valence electrons. The van der Waals surface area contributed by atoms with Gasteiger partial charge in [0.15, 0.2) is 5.96 Å². The molecule has 0 radical (unpaired) electrons. The van der Waals surface area contributed by atoms with E-state index in [9.17, 15) is 0 Å². The van der Waals surface area contributed by atoms with Crippen LogP contribution in [-0.4, -0.2) is 60.6 Å². The third kappa shape index (κ3) is 4.87. The van der Waals surface area contributed by atoms with Gasteiger partial charge in [-0.15, -0.1) is 0 Å². The van der Waals surface area contributed by atoms with Gasteiger partial charge in [0.1, 0.15) is 5.76 Å². The summed E-state index contributed by atoms with van der Waals surface area (Å²) in [6.07, 6.45) is 9.57. The monoisotopic (exact) mass is 372 g/mol. The average molecular weight is 373 g/mol. The van der Waals surface area contributed by atoms with Gasteiger partial charge in [-0.25, -0.2) is 0 Å². The van der Waals surface area contributed by atoms with Gasteiger partial charge >= 0.3 is 0 Å². The minimum atomic E-state index is 0.587. The van der Waals surface area contributed by atoms with Crippen LogP contribution in [0.15, 0.2) is 27.8 Å². The summed E-state index contributed by atoms with van der Waals surface area (Å²) in [7, 11) is 0. The number of rotatable bonds is 6. The van der Waals surface area contributed by atoms with Crippen molar-refractivity contribution >= 4 is 5.96 Å². The normalized spacial score (nSPS) is 27.1. The summed E-state index contributed by atoms with van der Waals surface area (Å²) in [6, 6.07) is 5.73. The molecule has 1 aromatic rings. The second-order valence-corrected chi connectivity index (χ2v) is 8.99. The van der Waals surface area contributed by atoms with Crippen LogP contribution in [-0.2, 0) is 6.42 Å². The molecule has 2 saturated heterocycles. The first-order valence-corrected chi connectivity index (χ1v) is 11.0. The summed E-state index contributed by atoms with van der Waals surface area (Å²) < 4.78 is 5.47. The topological polar surface area (TPSA) is 44.0 Å². The number of furan rings is 1. The molecule has 1 N–H and O–H groups in total. The maximum absolute atomic E-state index is 5.47. The smallest absolute Gasteiger partial charge is 0.193 e. The third-order valence-electron chi connectivity index (χ3n) is 6.27. The summed E-state index contributed by atoms with van der Waals surface area (Å²) in [4.78, 5) is 10.3. The summed E-state index contributed by atoms with van der Waals surface area (Å²) in [5.74, 6) is 3.54. The second kappa shape index (κ2) is 8.68. The number of hydrogen-bond donors (Lipinski definition) is 1. The Bertz CT molecular complexity index is 608. The van der Waals surface area contributed by atoms with Crippen molar-refractivity contribution in [1.82, 2.24) is 15.1 Å². The zero-order chi connectivity index (χ0) is 18.6. The Morgan fingerprint density at radius 1 is 1.26 bits per heavy atom. The lowest BCUT2D eigenvalue weighted by atomic mass is 9.83. The first-order chi connectivity index (χ1) is 13.2. The van der Waals surface area contributed by atoms with E-state index in [-0.39, 0.29) is 0 Å². The highest BCUT2D eigenvalue weighted by Gasteiger charge is 2.42. The zero-order valence-corrected chi connectivity index (χ0v) is 17.1. The lowest BCUT2D eigenvalue weighted by Crippen LogP contribution is -2.57. The molecule has 5 heteroatoms. The van der Waals surface area contributed by atoms with Gasteiger partial charge in [-0.1, -0.05) is 13.8 Å². The molecule has 0 amide bonds. The molecule has 4 rings (SSSR count). The largest absolute Gasteiger partial charge is 0.469 e. The number of piperidine rings is 2. The molecule has 1 aromatic heterocycles. The van der Waals surface area contributed by atoms with Crippen LogP contribution in [0.1, 0.15) is 51.7 Å². The fourth-order valence-corrected chi connectivity index (χ4v) is 4.78. The van der Waals surface area contributed by atoms with Gasteiger partial charge in [0, 0.05) is 44.7 Å². The summed E-state index contributed by atoms with van der Waals surface area (Å²) >= 11 is 0. The van der Waals surface area contributed by atoms with E-state index in [1.165, 1.54) is 45.2 Å². The summed E-state index contributed by atoms with van der Waals surface area (Å²) in [5, 5.41) is 3.63. The standard InChI is InChI=1S/C22H36N4O/c1-17(2)15-24-22(23-11-9-20-6-4-14-27-20)25-13-10-21-18(16-25)5-3-12-26(21)19-7-8-19/h4,6,14,17-19,21H,3,5,7-13,15-16H2,1-2H3,(H,23,24). The number of nitrogens with one attached hydrogen (secondary N) is 1. The van der Waals surface area contributed by atoms with E-state index < -0.39 is 0 Å². The lowest BCUT2D eigenvalue weighted by molar-refractivity contribution is 0.0369. The van der Waals surface area contributed by atoms with Crippen molar-refractivity contribution in [2.75, 3.05) is 32.7 Å². The third-order valence-corrected chi connectivity index (χ3v) is 6.27. The number of hydrogen-bond acceptors (Lipinski definition) is 3. The number of likely N-dealkylation sites (tertiary alicyclic amines) is 2. The molecular weight excluding hydrogens is 336 g/mol. The van der Waals surface area contributed by atoms with Crippen LogP contribution in [0.2, 0.25) is 0 Å². The maximum atomic E-state index is 5.47. The van der Waals surface area contributed by atoms with Crippen molar-refractivity contribution in [1.29, 1.82) is 0 Å². The summed E-state index contributed by atoms with van der Waals surface area (Å²) in [6.45, 7) is 9.88. The van der Waals surface area contributed by atoms with Crippen LogP contribution in [0, 0.1) is 11.8 Å². The van der Waals surface area contributed by atoms with E-state index in [0.717, 1.165) is 55.8 Å². The summed E-state index contributed by atoms with van der Waals surface area (Å²) in [5.41, 5.74) is 0. The maximum Gasteiger partial charge on any atom is 0.193 e. The Balaban J connectivity index is 1.36. The highest BCUT2D eigenvalue weighted by Crippen LogP contribution is 2.38. The van der Waals surface area contributed by atoms with Crippen LogP contribution < -0.4 is 5.32 Å². The van der Waals surface area contributed by atoms with Crippen molar-refractivity contribution in [3.05, 3.63) is 24.2 Å². The Hall–Kier alpha value is -1.49. The Kier molecular flexibility index (Phi) is 6.06. The van der Waals surface area contributed by atoms with E-state index in [1.54, 1.807) is 6.26 Å². The first-order valence-electron chi connectivity index (χ1n) is 11.0. The van der Waals surface area contributed by atoms with E-state index in [2.05, 4.69) is 29.0 Å². The molecule has 1 saturated carbocycles. The Morgan fingerprint density at radius 3 is 2.89 bits per heavy atom. The van der Waals surface area contributed by atoms with Crippen LogP contribution >= 0.6 is 0 Å². The fourth-order valence-electron chi connectivity index (χ4n) is 4.78. The highest BCUT2D eigenvalue weighted by atomic mass is 16.3. The average Bonchev–Trinajstić information content (AvgIpc) is 3.39. The van der Waals surface area contributed by atoms with Gasteiger partial charge in [0.25, 0.3) is 0 Å². The van der Waals surface area contributed by atoms with Gasteiger partial charge < -0.3 is 14.6 Å². The van der Waals surface area contributed by atoms with Crippen LogP contribution in [0.5, 0.6) is 0 Å². The van der Waals surface area contributed by atoms with Crippen LogP contribution in [0.3, 0.4) is 0 Å². The Morgan fingerprint density at radius 2 is 2.15 bits per heavy atom. The van der Waals surface area contributed by atoms with Gasteiger partial charge in [0.05, 0.1) is 6.26 Å². The van der Waals surface area contributed by atoms with Crippen LogP contribution in [0.25, 0.3) is 0 Å². The molecule has 0 spiro atoms. The molecular formula is C22H36N4O. The molecule has 0 aromatic carbocycles. The predicted octanol–water partition coefficient (Wildman–Crippen LogP) is 3.37. The fraction of sp³-hybridized carbons (Fsp3) is 0.773. The SMILES string of the molecule is CC(C)CN=C(NCCc1ccco1)N1CCC2C(CCCN2C2CC2)C1. The molecule has 2 atom stereocenters. The predicted molar refractivity (Wildman–Crippen MR) is 110 cm³/mol. The number of guanidine groups is 1. The molecule has 0 bridgehead atoms. The molecule has 5 nitrogen and oxygen atoms in total. The van der Waals surface area contributed by atoms with Gasteiger partial charge in [-0.2, -0.15) is 0 Å². The zero-order valence-electron chi connectivity index (χ0n) is 17.1. The molecule has 2 unspecified atom stereocenters. The van der Waals surface area contributed by atoms with Crippen LogP contribution in [0.4, 0.5) is 0 Å². The van der Waals surface area contributed by atoms with E-state index in [4.69, 9.17) is 9.41 Å². The quantitative estimate of drug-likeness (QED) is 0.614. The van der Waals surface area contributed by atoms with Crippen molar-refractivity contribution in [2.24, 2.45) is 16.8 Å². The molecule has 3 aliphatic rings. The van der Waals surface area contributed by atoms with Gasteiger partial charge in [0.2, 0.25) is 0 Å². The molecule has 3 heterocycles. The number of fused-ring (bicyclic) bond motifs is 1. The van der Waals surface area contributed by atoms with Gasteiger partial charge in [-0.3, -0.25) is 9.89 Å². The highest BCUT2D eigenvalue weighted by molar-refractivity contribution is 5.80. The second-order valence-electron chi connectivity index (χ2n) is 8.99. The Labute approximate surface area is 164 Å². The first kappa shape index (κ1) is 18.9. The molecule has 27 heavy (non-hydrogen) atoms. The molecule has 2 aliphatic heterocycles. The number of aliphatic imine (C=N–C) groups is 1. The lowest BCUT2D eigenvalue weighted by Gasteiger charge is -2.48. The van der Waals surface area contributed by atoms with Crippen molar-refractivity contribution in [3.8, 4) is 0 Å². The van der Waals surface area contributed by atoms with Crippen molar-refractivity contribution in [3.63, 3.8) is 0 Å². The van der Waals surface area contributed by atoms with E-state index in [0.29, 0.717) is 5.92 Å². The van der Waals surface area contributed by atoms with E-state index in [1.807, 2.05) is 12.1 Å². The molecule has 3 fully saturated rings.